The number of aromatic nitrogens is 1. The zero-order chi connectivity index (χ0) is 17.9. The molecule has 2 aromatic rings. The first-order valence-corrected chi connectivity index (χ1v) is 9.76. The van der Waals surface area contributed by atoms with Crippen molar-refractivity contribution >= 4 is 27.5 Å². The van der Waals surface area contributed by atoms with E-state index in [1.807, 2.05) is 0 Å². The molecule has 1 fully saturated rings. The smallest absolute Gasteiger partial charge is 0.270 e. The standard InChI is InChI=1S/C17H18ClN3O3S/c18-13-4-6-15(7-5-13)25(23,24)21-11-8-14(9-12-21)20-17(22)16-3-1-2-10-19-16/h1-7,10,14H,8-9,11-12H2,(H,20,22). The third kappa shape index (κ3) is 4.18. The van der Waals surface area contributed by atoms with Gasteiger partial charge in [0.15, 0.2) is 0 Å². The highest BCUT2D eigenvalue weighted by atomic mass is 35.5. The highest BCUT2D eigenvalue weighted by Crippen LogP contribution is 2.22. The first-order chi connectivity index (χ1) is 12.0. The second-order valence-electron chi connectivity index (χ2n) is 5.82. The maximum Gasteiger partial charge on any atom is 0.270 e. The van der Waals surface area contributed by atoms with Crippen molar-refractivity contribution in [1.29, 1.82) is 0 Å². The summed E-state index contributed by atoms with van der Waals surface area (Å²) >= 11 is 5.81. The van der Waals surface area contributed by atoms with Gasteiger partial charge in [-0.1, -0.05) is 17.7 Å². The van der Waals surface area contributed by atoms with Gasteiger partial charge in [-0.25, -0.2) is 8.42 Å². The Labute approximate surface area is 151 Å². The quantitative estimate of drug-likeness (QED) is 0.884. The van der Waals surface area contributed by atoms with Crippen molar-refractivity contribution in [3.63, 3.8) is 0 Å². The highest BCUT2D eigenvalue weighted by Gasteiger charge is 2.30. The molecule has 0 aliphatic carbocycles. The molecule has 2 heterocycles. The van der Waals surface area contributed by atoms with E-state index < -0.39 is 10.0 Å². The second-order valence-corrected chi connectivity index (χ2v) is 8.20. The average Bonchev–Trinajstić information content (AvgIpc) is 2.63. The molecule has 1 amide bonds. The van der Waals surface area contributed by atoms with Crippen molar-refractivity contribution in [1.82, 2.24) is 14.6 Å². The van der Waals surface area contributed by atoms with Crippen LogP contribution in [0, 0.1) is 0 Å². The summed E-state index contributed by atoms with van der Waals surface area (Å²) in [5.74, 6) is -0.236. The zero-order valence-electron chi connectivity index (χ0n) is 13.4. The predicted molar refractivity (Wildman–Crippen MR) is 94.9 cm³/mol. The highest BCUT2D eigenvalue weighted by molar-refractivity contribution is 7.89. The van der Waals surface area contributed by atoms with E-state index in [0.717, 1.165) is 0 Å². The summed E-state index contributed by atoms with van der Waals surface area (Å²) < 4.78 is 26.7. The van der Waals surface area contributed by atoms with Crippen LogP contribution in [-0.2, 0) is 10.0 Å². The summed E-state index contributed by atoms with van der Waals surface area (Å²) in [6.45, 7) is 0.719. The number of amides is 1. The number of rotatable bonds is 4. The molecule has 1 aromatic heterocycles. The van der Waals surface area contributed by atoms with Crippen LogP contribution in [0.1, 0.15) is 23.3 Å². The lowest BCUT2D eigenvalue weighted by Crippen LogP contribution is -2.46. The molecular formula is C17H18ClN3O3S. The van der Waals surface area contributed by atoms with Crippen molar-refractivity contribution in [3.05, 3.63) is 59.4 Å². The van der Waals surface area contributed by atoms with Gasteiger partial charge < -0.3 is 5.32 Å². The number of halogens is 1. The van der Waals surface area contributed by atoms with Gasteiger partial charge in [0.05, 0.1) is 4.90 Å². The molecule has 1 aromatic carbocycles. The maximum absolute atomic E-state index is 12.6. The van der Waals surface area contributed by atoms with E-state index in [1.54, 1.807) is 36.5 Å². The number of nitrogens with one attached hydrogen (secondary N) is 1. The van der Waals surface area contributed by atoms with Crippen LogP contribution in [0.25, 0.3) is 0 Å². The summed E-state index contributed by atoms with van der Waals surface area (Å²) in [5, 5.41) is 3.41. The van der Waals surface area contributed by atoms with Crippen LogP contribution in [0.15, 0.2) is 53.6 Å². The first kappa shape index (κ1) is 17.8. The molecule has 3 rings (SSSR count). The van der Waals surface area contributed by atoms with Gasteiger partial charge in [-0.3, -0.25) is 9.78 Å². The molecule has 6 nitrogen and oxygen atoms in total. The van der Waals surface area contributed by atoms with Crippen LogP contribution in [0.3, 0.4) is 0 Å². The Balaban J connectivity index is 1.60. The fourth-order valence-electron chi connectivity index (χ4n) is 2.75. The molecule has 132 valence electrons. The fraction of sp³-hybridized carbons (Fsp3) is 0.294. The number of carbonyl (C=O) groups is 1. The number of sulfonamides is 1. The van der Waals surface area contributed by atoms with E-state index in [0.29, 0.717) is 36.6 Å². The van der Waals surface area contributed by atoms with Crippen LogP contribution < -0.4 is 5.32 Å². The van der Waals surface area contributed by atoms with Crippen molar-refractivity contribution < 1.29 is 13.2 Å². The molecule has 0 unspecified atom stereocenters. The Morgan fingerprint density at radius 1 is 1.12 bits per heavy atom. The first-order valence-electron chi connectivity index (χ1n) is 7.94. The molecule has 1 saturated heterocycles. The number of hydrogen-bond donors (Lipinski definition) is 1. The van der Waals surface area contributed by atoms with Gasteiger partial charge in [-0.05, 0) is 49.2 Å². The lowest BCUT2D eigenvalue weighted by Gasteiger charge is -2.31. The summed E-state index contributed by atoms with van der Waals surface area (Å²) in [7, 11) is -3.53. The van der Waals surface area contributed by atoms with Crippen molar-refractivity contribution in [2.75, 3.05) is 13.1 Å². The number of piperidine rings is 1. The van der Waals surface area contributed by atoms with Gasteiger partial charge in [-0.15, -0.1) is 0 Å². The number of hydrogen-bond acceptors (Lipinski definition) is 4. The van der Waals surface area contributed by atoms with Gasteiger partial charge in [0, 0.05) is 30.4 Å². The minimum atomic E-state index is -3.53. The Hall–Kier alpha value is -1.96. The fourth-order valence-corrected chi connectivity index (χ4v) is 4.35. The van der Waals surface area contributed by atoms with Crippen molar-refractivity contribution in [3.8, 4) is 0 Å². The number of pyridine rings is 1. The summed E-state index contributed by atoms with van der Waals surface area (Å²) in [4.78, 5) is 16.4. The minimum absolute atomic E-state index is 0.0637. The summed E-state index contributed by atoms with van der Waals surface area (Å²) in [6, 6.07) is 11.2. The molecule has 0 atom stereocenters. The molecule has 0 bridgehead atoms. The normalized spacial score (nSPS) is 16.5. The van der Waals surface area contributed by atoms with E-state index in [1.165, 1.54) is 16.4 Å². The zero-order valence-corrected chi connectivity index (χ0v) is 15.0. The molecule has 1 aliphatic rings. The van der Waals surface area contributed by atoms with E-state index in [9.17, 15) is 13.2 Å². The Bertz CT molecular complexity index is 833. The van der Waals surface area contributed by atoms with Crippen LogP contribution in [-0.4, -0.2) is 42.7 Å². The van der Waals surface area contributed by atoms with Gasteiger partial charge in [0.2, 0.25) is 10.0 Å². The molecule has 8 heteroatoms. The van der Waals surface area contributed by atoms with Crippen molar-refractivity contribution in [2.45, 2.75) is 23.8 Å². The Kier molecular flexibility index (Phi) is 5.36. The Morgan fingerprint density at radius 3 is 2.40 bits per heavy atom. The van der Waals surface area contributed by atoms with Gasteiger partial charge in [0.25, 0.3) is 5.91 Å². The molecule has 25 heavy (non-hydrogen) atoms. The number of carbonyl (C=O) groups excluding carboxylic acids is 1. The van der Waals surface area contributed by atoms with Gasteiger partial charge in [0.1, 0.15) is 5.69 Å². The minimum Gasteiger partial charge on any atom is -0.348 e. The van der Waals surface area contributed by atoms with Crippen LogP contribution >= 0.6 is 11.6 Å². The Morgan fingerprint density at radius 2 is 1.80 bits per heavy atom. The monoisotopic (exact) mass is 379 g/mol. The molecule has 1 aliphatic heterocycles. The topological polar surface area (TPSA) is 79.4 Å². The van der Waals surface area contributed by atoms with Gasteiger partial charge in [-0.2, -0.15) is 4.31 Å². The van der Waals surface area contributed by atoms with E-state index in [2.05, 4.69) is 10.3 Å². The lowest BCUT2D eigenvalue weighted by atomic mass is 10.1. The van der Waals surface area contributed by atoms with Crippen molar-refractivity contribution in [2.24, 2.45) is 0 Å². The molecular weight excluding hydrogens is 362 g/mol. The van der Waals surface area contributed by atoms with Gasteiger partial charge >= 0.3 is 0 Å². The van der Waals surface area contributed by atoms with Crippen LogP contribution in [0.4, 0.5) is 0 Å². The third-order valence-corrected chi connectivity index (χ3v) is 6.30. The van der Waals surface area contributed by atoms with Crippen LogP contribution in [0.2, 0.25) is 5.02 Å². The third-order valence-electron chi connectivity index (χ3n) is 4.14. The summed E-state index contributed by atoms with van der Waals surface area (Å²) in [5.41, 5.74) is 0.360. The average molecular weight is 380 g/mol. The SMILES string of the molecule is O=C(NC1CCN(S(=O)(=O)c2ccc(Cl)cc2)CC1)c1ccccn1. The molecule has 0 radical (unpaired) electrons. The number of benzene rings is 1. The van der Waals surface area contributed by atoms with E-state index in [4.69, 9.17) is 11.6 Å². The molecule has 0 spiro atoms. The summed E-state index contributed by atoms with van der Waals surface area (Å²) in [6.07, 6.45) is 2.69. The second kappa shape index (κ2) is 7.51. The lowest BCUT2D eigenvalue weighted by molar-refractivity contribution is 0.0919. The predicted octanol–water partition coefficient (Wildman–Crippen LogP) is 2.32. The van der Waals surface area contributed by atoms with Crippen LogP contribution in [0.5, 0.6) is 0 Å². The number of nitrogens with zero attached hydrogens (tertiary/aromatic N) is 2. The van der Waals surface area contributed by atoms with E-state index in [-0.39, 0.29) is 16.8 Å². The largest absolute Gasteiger partial charge is 0.348 e. The van der Waals surface area contributed by atoms with E-state index >= 15 is 0 Å². The maximum atomic E-state index is 12.6. The molecule has 1 N–H and O–H groups in total. The molecule has 0 saturated carbocycles.